The van der Waals surface area contributed by atoms with E-state index in [-0.39, 0.29) is 12.4 Å². The molecule has 2 rings (SSSR count). The van der Waals surface area contributed by atoms with Crippen LogP contribution >= 0.6 is 12.4 Å². The van der Waals surface area contributed by atoms with Crippen molar-refractivity contribution in [3.63, 3.8) is 0 Å². The van der Waals surface area contributed by atoms with Gasteiger partial charge in [0.15, 0.2) is 0 Å². The van der Waals surface area contributed by atoms with Crippen LogP contribution in [0.2, 0.25) is 0 Å². The molecule has 0 bridgehead atoms. The van der Waals surface area contributed by atoms with Gasteiger partial charge in [0.05, 0.1) is 0 Å². The van der Waals surface area contributed by atoms with Crippen molar-refractivity contribution in [1.29, 1.82) is 0 Å². The van der Waals surface area contributed by atoms with Gasteiger partial charge in [-0.1, -0.05) is 56.0 Å². The summed E-state index contributed by atoms with van der Waals surface area (Å²) < 4.78 is 0. The van der Waals surface area contributed by atoms with Crippen LogP contribution < -0.4 is 5.32 Å². The lowest BCUT2D eigenvalue weighted by molar-refractivity contribution is 0.459. The highest BCUT2D eigenvalue weighted by Crippen LogP contribution is 2.17. The van der Waals surface area contributed by atoms with Gasteiger partial charge in [-0.05, 0) is 18.4 Å². The third kappa shape index (κ3) is 4.54. The predicted molar refractivity (Wildman–Crippen MR) is 72.0 cm³/mol. The second-order valence-corrected chi connectivity index (χ2v) is 4.55. The lowest BCUT2D eigenvalue weighted by atomic mass is 10.1. The first-order valence-electron chi connectivity index (χ1n) is 6.22. The van der Waals surface area contributed by atoms with Gasteiger partial charge < -0.3 is 5.32 Å². The smallest absolute Gasteiger partial charge is 0.0208 e. The van der Waals surface area contributed by atoms with Crippen LogP contribution in [0.4, 0.5) is 0 Å². The summed E-state index contributed by atoms with van der Waals surface area (Å²) in [5.41, 5.74) is 1.40. The molecular weight excluding hydrogens is 218 g/mol. The van der Waals surface area contributed by atoms with Crippen LogP contribution in [0.3, 0.4) is 0 Å². The van der Waals surface area contributed by atoms with Gasteiger partial charge in [0, 0.05) is 12.6 Å². The lowest BCUT2D eigenvalue weighted by Gasteiger charge is -2.15. The van der Waals surface area contributed by atoms with Crippen molar-refractivity contribution < 1.29 is 0 Å². The van der Waals surface area contributed by atoms with E-state index >= 15 is 0 Å². The van der Waals surface area contributed by atoms with Gasteiger partial charge in [0.25, 0.3) is 0 Å². The molecule has 1 aromatic rings. The Bertz CT molecular complexity index is 265. The molecule has 1 N–H and O–H groups in total. The van der Waals surface area contributed by atoms with Crippen molar-refractivity contribution in [3.05, 3.63) is 35.9 Å². The molecule has 16 heavy (non-hydrogen) atoms. The number of benzene rings is 1. The zero-order chi connectivity index (χ0) is 10.3. The molecule has 0 atom stereocenters. The van der Waals surface area contributed by atoms with E-state index in [9.17, 15) is 0 Å². The van der Waals surface area contributed by atoms with Crippen LogP contribution in [0.25, 0.3) is 0 Å². The number of nitrogens with one attached hydrogen (secondary N) is 1. The maximum absolute atomic E-state index is 3.68. The van der Waals surface area contributed by atoms with Gasteiger partial charge in [0.1, 0.15) is 0 Å². The third-order valence-electron chi connectivity index (χ3n) is 3.29. The lowest BCUT2D eigenvalue weighted by Crippen LogP contribution is -2.27. The van der Waals surface area contributed by atoms with Crippen molar-refractivity contribution in [2.24, 2.45) is 0 Å². The van der Waals surface area contributed by atoms with Crippen LogP contribution in [0.5, 0.6) is 0 Å². The Hall–Kier alpha value is -0.530. The molecule has 90 valence electrons. The molecule has 1 fully saturated rings. The molecule has 1 saturated carbocycles. The van der Waals surface area contributed by atoms with Crippen molar-refractivity contribution >= 4 is 12.4 Å². The minimum absolute atomic E-state index is 0. The normalized spacial score (nSPS) is 17.5. The topological polar surface area (TPSA) is 12.0 Å². The molecule has 0 unspecified atom stereocenters. The number of rotatable bonds is 3. The largest absolute Gasteiger partial charge is 0.310 e. The highest BCUT2D eigenvalue weighted by molar-refractivity contribution is 5.85. The monoisotopic (exact) mass is 239 g/mol. The molecule has 1 aliphatic carbocycles. The van der Waals surface area contributed by atoms with Crippen molar-refractivity contribution in [2.75, 3.05) is 0 Å². The summed E-state index contributed by atoms with van der Waals surface area (Å²) in [7, 11) is 0. The van der Waals surface area contributed by atoms with E-state index in [4.69, 9.17) is 0 Å². The fraction of sp³-hybridized carbons (Fsp3) is 0.571. The summed E-state index contributed by atoms with van der Waals surface area (Å²) in [5, 5.41) is 3.68. The fourth-order valence-corrected chi connectivity index (χ4v) is 2.34. The maximum Gasteiger partial charge on any atom is 0.0208 e. The second kappa shape index (κ2) is 7.70. The Morgan fingerprint density at radius 1 is 0.938 bits per heavy atom. The average Bonchev–Trinajstić information content (AvgIpc) is 2.56. The molecule has 2 heteroatoms. The van der Waals surface area contributed by atoms with E-state index in [0.717, 1.165) is 12.6 Å². The van der Waals surface area contributed by atoms with Gasteiger partial charge in [-0.2, -0.15) is 0 Å². The summed E-state index contributed by atoms with van der Waals surface area (Å²) in [5.74, 6) is 0. The Morgan fingerprint density at radius 2 is 1.56 bits per heavy atom. The van der Waals surface area contributed by atoms with E-state index in [1.165, 1.54) is 44.1 Å². The van der Waals surface area contributed by atoms with E-state index < -0.39 is 0 Å². The molecule has 0 saturated heterocycles. The van der Waals surface area contributed by atoms with Crippen molar-refractivity contribution in [3.8, 4) is 0 Å². The van der Waals surface area contributed by atoms with E-state index in [0.29, 0.717) is 0 Å². The average molecular weight is 240 g/mol. The van der Waals surface area contributed by atoms with Gasteiger partial charge >= 0.3 is 0 Å². The first kappa shape index (κ1) is 13.5. The standard InChI is InChI=1S/C14H21N.ClH/c1-2-7-11-14(10-6-1)15-12-13-8-4-3-5-9-13;/h3-5,8-9,14-15H,1-2,6-7,10-12H2;1H. The van der Waals surface area contributed by atoms with E-state index in [2.05, 4.69) is 35.6 Å². The van der Waals surface area contributed by atoms with Gasteiger partial charge in [-0.25, -0.2) is 0 Å². The Labute approximate surface area is 105 Å². The fourth-order valence-electron chi connectivity index (χ4n) is 2.34. The van der Waals surface area contributed by atoms with Crippen molar-refractivity contribution in [1.82, 2.24) is 5.32 Å². The first-order valence-corrected chi connectivity index (χ1v) is 6.22. The number of hydrogen-bond acceptors (Lipinski definition) is 1. The van der Waals surface area contributed by atoms with Crippen molar-refractivity contribution in [2.45, 2.75) is 51.1 Å². The summed E-state index contributed by atoms with van der Waals surface area (Å²) in [6, 6.07) is 11.5. The maximum atomic E-state index is 3.68. The molecule has 1 aromatic carbocycles. The quantitative estimate of drug-likeness (QED) is 0.789. The zero-order valence-corrected chi connectivity index (χ0v) is 10.6. The summed E-state index contributed by atoms with van der Waals surface area (Å²) >= 11 is 0. The summed E-state index contributed by atoms with van der Waals surface area (Å²) in [4.78, 5) is 0. The Morgan fingerprint density at radius 3 is 2.19 bits per heavy atom. The highest BCUT2D eigenvalue weighted by atomic mass is 35.5. The molecule has 1 aliphatic rings. The molecular formula is C14H22ClN. The second-order valence-electron chi connectivity index (χ2n) is 4.55. The van der Waals surface area contributed by atoms with E-state index in [1.807, 2.05) is 0 Å². The number of halogens is 1. The molecule has 1 nitrogen and oxygen atoms in total. The van der Waals surface area contributed by atoms with E-state index in [1.54, 1.807) is 0 Å². The van der Waals surface area contributed by atoms with Gasteiger partial charge in [0.2, 0.25) is 0 Å². The SMILES string of the molecule is Cl.c1ccc(CNC2CCCCCC2)cc1. The molecule has 0 spiro atoms. The zero-order valence-electron chi connectivity index (χ0n) is 9.82. The predicted octanol–water partition coefficient (Wildman–Crippen LogP) is 3.92. The first-order chi connectivity index (χ1) is 7.45. The van der Waals surface area contributed by atoms with Crippen LogP contribution in [0.15, 0.2) is 30.3 Å². The Balaban J connectivity index is 0.00000128. The third-order valence-corrected chi connectivity index (χ3v) is 3.29. The summed E-state index contributed by atoms with van der Waals surface area (Å²) in [6.07, 6.45) is 8.42. The summed E-state index contributed by atoms with van der Waals surface area (Å²) in [6.45, 7) is 1.03. The molecule has 0 radical (unpaired) electrons. The van der Waals surface area contributed by atoms with Gasteiger partial charge in [-0.3, -0.25) is 0 Å². The van der Waals surface area contributed by atoms with Crippen LogP contribution in [0, 0.1) is 0 Å². The molecule has 0 amide bonds. The van der Waals surface area contributed by atoms with Crippen LogP contribution in [0.1, 0.15) is 44.1 Å². The van der Waals surface area contributed by atoms with Crippen LogP contribution in [-0.4, -0.2) is 6.04 Å². The minimum Gasteiger partial charge on any atom is -0.310 e. The Kier molecular flexibility index (Phi) is 6.51. The highest BCUT2D eigenvalue weighted by Gasteiger charge is 2.10. The molecule has 0 aromatic heterocycles. The molecule has 0 heterocycles. The number of hydrogen-bond donors (Lipinski definition) is 1. The van der Waals surface area contributed by atoms with Crippen LogP contribution in [-0.2, 0) is 6.54 Å². The van der Waals surface area contributed by atoms with Gasteiger partial charge in [-0.15, -0.1) is 12.4 Å². The molecule has 0 aliphatic heterocycles. The minimum atomic E-state index is 0.